The molecule has 29 heavy (non-hydrogen) atoms. The monoisotopic (exact) mass is 430 g/mol. The molecule has 0 aliphatic carbocycles. The normalized spacial score (nSPS) is 12.2. The molecule has 0 N–H and O–H groups in total. The van der Waals surface area contributed by atoms with Crippen molar-refractivity contribution in [3.05, 3.63) is 70.5 Å². The molecule has 0 saturated carbocycles. The van der Waals surface area contributed by atoms with Gasteiger partial charge in [0.1, 0.15) is 0 Å². The van der Waals surface area contributed by atoms with Gasteiger partial charge in [0.25, 0.3) is 0 Å². The lowest BCUT2D eigenvalue weighted by Gasteiger charge is -2.20. The van der Waals surface area contributed by atoms with E-state index in [1.807, 2.05) is 56.6 Å². The summed E-state index contributed by atoms with van der Waals surface area (Å²) >= 11 is 7.63. The van der Waals surface area contributed by atoms with Crippen LogP contribution in [-0.2, 0) is 10.5 Å². The van der Waals surface area contributed by atoms with Gasteiger partial charge in [-0.3, -0.25) is 9.47 Å². The van der Waals surface area contributed by atoms with Gasteiger partial charge in [-0.05, 0) is 63.0 Å². The van der Waals surface area contributed by atoms with Gasteiger partial charge in [0.2, 0.25) is 0 Å². The van der Waals surface area contributed by atoms with E-state index in [1.54, 1.807) is 17.8 Å². The van der Waals surface area contributed by atoms with E-state index in [0.29, 0.717) is 16.3 Å². The minimum atomic E-state index is -0.344. The number of methoxy groups -OCH3 is 1. The summed E-state index contributed by atoms with van der Waals surface area (Å²) < 4.78 is 6.86. The van der Waals surface area contributed by atoms with Crippen LogP contribution in [0.4, 0.5) is 0 Å². The van der Waals surface area contributed by atoms with Gasteiger partial charge in [-0.15, -0.1) is 10.2 Å². The molecule has 0 amide bonds. The van der Waals surface area contributed by atoms with Crippen LogP contribution in [-0.4, -0.2) is 46.8 Å². The summed E-state index contributed by atoms with van der Waals surface area (Å²) in [5.41, 5.74) is 2.49. The lowest BCUT2D eigenvalue weighted by Crippen LogP contribution is -2.20. The Balaban J connectivity index is 1.91. The van der Waals surface area contributed by atoms with Crippen LogP contribution in [0.2, 0.25) is 5.02 Å². The number of benzene rings is 2. The quantitative estimate of drug-likeness (QED) is 0.402. The first kappa shape index (κ1) is 21.4. The summed E-state index contributed by atoms with van der Waals surface area (Å²) in [5, 5.41) is 10.3. The van der Waals surface area contributed by atoms with Gasteiger partial charge < -0.3 is 4.74 Å². The summed E-state index contributed by atoms with van der Waals surface area (Å²) in [6.45, 7) is 2.09. The minimum absolute atomic E-state index is 0.0789. The number of rotatable bonds is 7. The maximum absolute atomic E-state index is 11.8. The number of hydrogen-bond acceptors (Lipinski definition) is 6. The predicted octanol–water partition coefficient (Wildman–Crippen LogP) is 4.62. The molecule has 0 radical (unpaired) electrons. The van der Waals surface area contributed by atoms with E-state index < -0.39 is 0 Å². The molecular weight excluding hydrogens is 408 g/mol. The van der Waals surface area contributed by atoms with Crippen LogP contribution < -0.4 is 0 Å². The smallest absolute Gasteiger partial charge is 0.337 e. The van der Waals surface area contributed by atoms with Crippen molar-refractivity contribution in [1.82, 2.24) is 19.7 Å². The second kappa shape index (κ2) is 9.43. The van der Waals surface area contributed by atoms with Crippen molar-refractivity contribution in [1.29, 1.82) is 0 Å². The molecule has 1 atom stereocenters. The number of carbonyl (C=O) groups excluding carboxylic acids is 1. The molecule has 1 aromatic heterocycles. The fourth-order valence-corrected chi connectivity index (χ4v) is 3.79. The first-order chi connectivity index (χ1) is 13.9. The molecule has 0 aliphatic rings. The zero-order valence-electron chi connectivity index (χ0n) is 16.8. The molecule has 0 bridgehead atoms. The van der Waals surface area contributed by atoms with Gasteiger partial charge in [-0.2, -0.15) is 0 Å². The highest BCUT2D eigenvalue weighted by atomic mass is 35.5. The highest BCUT2D eigenvalue weighted by Gasteiger charge is 2.21. The second-order valence-electron chi connectivity index (χ2n) is 6.77. The third-order valence-corrected chi connectivity index (χ3v) is 5.86. The number of ether oxygens (including phenoxy) is 1. The van der Waals surface area contributed by atoms with E-state index in [0.717, 1.165) is 22.2 Å². The predicted molar refractivity (Wildman–Crippen MR) is 116 cm³/mol. The number of esters is 1. The van der Waals surface area contributed by atoms with E-state index in [4.69, 9.17) is 16.3 Å². The van der Waals surface area contributed by atoms with E-state index >= 15 is 0 Å². The summed E-state index contributed by atoms with van der Waals surface area (Å²) in [6.07, 6.45) is 0. The Bertz CT molecular complexity index is 989. The zero-order valence-corrected chi connectivity index (χ0v) is 18.4. The summed E-state index contributed by atoms with van der Waals surface area (Å²) in [6, 6.07) is 15.1. The standard InChI is InChI=1S/C21H23ClN4O2S/c1-14(25(2)3)19-23-24-21(26(19)18-10-8-17(22)9-11-18)29-13-15-6-5-7-16(12-15)20(27)28-4/h5-12,14H,13H2,1-4H3. The molecule has 0 aliphatic heterocycles. The highest BCUT2D eigenvalue weighted by Crippen LogP contribution is 2.29. The molecule has 0 fully saturated rings. The highest BCUT2D eigenvalue weighted by molar-refractivity contribution is 7.98. The van der Waals surface area contributed by atoms with Crippen molar-refractivity contribution in [3.63, 3.8) is 0 Å². The van der Waals surface area contributed by atoms with E-state index in [-0.39, 0.29) is 12.0 Å². The fraction of sp³-hybridized carbons (Fsp3) is 0.286. The van der Waals surface area contributed by atoms with Crippen LogP contribution in [0.3, 0.4) is 0 Å². The van der Waals surface area contributed by atoms with Crippen molar-refractivity contribution >= 4 is 29.3 Å². The van der Waals surface area contributed by atoms with Crippen molar-refractivity contribution in [2.24, 2.45) is 0 Å². The van der Waals surface area contributed by atoms with Crippen LogP contribution in [0.1, 0.15) is 34.7 Å². The Kier molecular flexibility index (Phi) is 6.95. The molecule has 0 spiro atoms. The minimum Gasteiger partial charge on any atom is -0.465 e. The van der Waals surface area contributed by atoms with Crippen molar-refractivity contribution in [2.45, 2.75) is 23.9 Å². The number of nitrogens with zero attached hydrogens (tertiary/aromatic N) is 4. The zero-order chi connectivity index (χ0) is 21.0. The molecule has 3 aromatic rings. The maximum atomic E-state index is 11.8. The number of thioether (sulfide) groups is 1. The van der Waals surface area contributed by atoms with Crippen LogP contribution >= 0.6 is 23.4 Å². The molecule has 2 aromatic carbocycles. The van der Waals surface area contributed by atoms with Crippen molar-refractivity contribution in [2.75, 3.05) is 21.2 Å². The first-order valence-corrected chi connectivity index (χ1v) is 10.4. The van der Waals surface area contributed by atoms with Crippen LogP contribution in [0.15, 0.2) is 53.7 Å². The Hall–Kier alpha value is -2.35. The van der Waals surface area contributed by atoms with E-state index in [9.17, 15) is 4.79 Å². The fourth-order valence-electron chi connectivity index (χ4n) is 2.76. The van der Waals surface area contributed by atoms with Gasteiger partial charge in [-0.1, -0.05) is 35.5 Å². The van der Waals surface area contributed by atoms with Gasteiger partial charge >= 0.3 is 5.97 Å². The van der Waals surface area contributed by atoms with Gasteiger partial charge in [0, 0.05) is 16.5 Å². The molecule has 3 rings (SSSR count). The lowest BCUT2D eigenvalue weighted by atomic mass is 10.1. The van der Waals surface area contributed by atoms with Crippen molar-refractivity contribution < 1.29 is 9.53 Å². The topological polar surface area (TPSA) is 60.2 Å². The maximum Gasteiger partial charge on any atom is 0.337 e. The summed E-state index contributed by atoms with van der Waals surface area (Å²) in [4.78, 5) is 13.9. The Labute approximate surface area is 179 Å². The number of hydrogen-bond donors (Lipinski definition) is 0. The third kappa shape index (κ3) is 4.98. The molecule has 0 saturated heterocycles. The van der Waals surface area contributed by atoms with Crippen LogP contribution in [0.25, 0.3) is 5.69 Å². The number of aromatic nitrogens is 3. The Morgan fingerprint density at radius 1 is 1.21 bits per heavy atom. The average Bonchev–Trinajstić information content (AvgIpc) is 3.15. The van der Waals surface area contributed by atoms with Crippen molar-refractivity contribution in [3.8, 4) is 5.69 Å². The van der Waals surface area contributed by atoms with Crippen LogP contribution in [0, 0.1) is 0 Å². The van der Waals surface area contributed by atoms with Crippen LogP contribution in [0.5, 0.6) is 0 Å². The average molecular weight is 431 g/mol. The summed E-state index contributed by atoms with van der Waals surface area (Å²) in [7, 11) is 5.40. The number of halogens is 1. The van der Waals surface area contributed by atoms with Gasteiger partial charge in [-0.25, -0.2) is 4.79 Å². The molecule has 6 nitrogen and oxygen atoms in total. The first-order valence-electron chi connectivity index (χ1n) is 9.08. The van der Waals surface area contributed by atoms with E-state index in [2.05, 4.69) is 26.6 Å². The lowest BCUT2D eigenvalue weighted by molar-refractivity contribution is 0.0600. The van der Waals surface area contributed by atoms with E-state index in [1.165, 1.54) is 7.11 Å². The number of carbonyl (C=O) groups is 1. The third-order valence-electron chi connectivity index (χ3n) is 4.61. The second-order valence-corrected chi connectivity index (χ2v) is 8.15. The molecule has 1 unspecified atom stereocenters. The Morgan fingerprint density at radius 3 is 2.59 bits per heavy atom. The molecular formula is C21H23ClN4O2S. The largest absolute Gasteiger partial charge is 0.465 e. The molecule has 1 heterocycles. The van der Waals surface area contributed by atoms with Gasteiger partial charge in [0.15, 0.2) is 11.0 Å². The summed E-state index contributed by atoms with van der Waals surface area (Å²) in [5.74, 6) is 1.15. The molecule has 152 valence electrons. The Morgan fingerprint density at radius 2 is 1.93 bits per heavy atom. The van der Waals surface area contributed by atoms with Gasteiger partial charge in [0.05, 0.1) is 18.7 Å². The SMILES string of the molecule is COC(=O)c1cccc(CSc2nnc(C(C)N(C)C)n2-c2ccc(Cl)cc2)c1. The molecule has 8 heteroatoms.